The van der Waals surface area contributed by atoms with E-state index in [1.54, 1.807) is 0 Å². The summed E-state index contributed by atoms with van der Waals surface area (Å²) < 4.78 is 34.4. The van der Waals surface area contributed by atoms with E-state index in [1.807, 2.05) is 0 Å². The highest BCUT2D eigenvalue weighted by molar-refractivity contribution is 7.47. The maximum absolute atomic E-state index is 12.9. The Morgan fingerprint density at radius 3 is 1.14 bits per heavy atom. The number of aliphatic hydroxyl groups excluding tert-OH is 5. The summed E-state index contributed by atoms with van der Waals surface area (Å²) >= 11 is 0. The molecule has 0 aromatic carbocycles. The minimum Gasteiger partial charge on any atom is -0.457 e. The highest BCUT2D eigenvalue weighted by Crippen LogP contribution is 2.47. The van der Waals surface area contributed by atoms with E-state index in [9.17, 15) is 39.8 Å². The highest BCUT2D eigenvalue weighted by Gasteiger charge is 2.51. The maximum atomic E-state index is 12.9. The molecule has 1 rings (SSSR count). The van der Waals surface area contributed by atoms with Gasteiger partial charge in [0.15, 0.2) is 0 Å². The topological polar surface area (TPSA) is 192 Å². The van der Waals surface area contributed by atoms with Crippen molar-refractivity contribution < 1.29 is 58.3 Å². The van der Waals surface area contributed by atoms with Gasteiger partial charge in [0, 0.05) is 13.0 Å². The van der Waals surface area contributed by atoms with Gasteiger partial charge in [-0.15, -0.1) is 0 Å². The van der Waals surface area contributed by atoms with E-state index >= 15 is 0 Å². The molecule has 1 fully saturated rings. The zero-order valence-corrected chi connectivity index (χ0v) is 45.0. The minimum absolute atomic E-state index is 0.0754. The van der Waals surface area contributed by atoms with Crippen molar-refractivity contribution in [1.29, 1.82) is 0 Å². The molecule has 0 amide bonds. The van der Waals surface area contributed by atoms with Gasteiger partial charge in [-0.2, -0.15) is 0 Å². The van der Waals surface area contributed by atoms with E-state index < -0.39 is 63.1 Å². The fourth-order valence-electron chi connectivity index (χ4n) is 9.00. The second-order valence-corrected chi connectivity index (χ2v) is 21.5. The van der Waals surface area contributed by atoms with Crippen LogP contribution in [0.15, 0.2) is 24.3 Å². The highest BCUT2D eigenvalue weighted by atomic mass is 31.2. The van der Waals surface area contributed by atoms with Crippen molar-refractivity contribution in [2.75, 3.05) is 19.8 Å². The molecule has 0 aromatic rings. The van der Waals surface area contributed by atoms with Gasteiger partial charge in [0.1, 0.15) is 42.7 Å². The van der Waals surface area contributed by atoms with E-state index in [0.29, 0.717) is 13.0 Å². The average Bonchev–Trinajstić information content (AvgIpc) is 3.34. The second-order valence-electron chi connectivity index (χ2n) is 20.1. The first-order valence-corrected chi connectivity index (χ1v) is 30.2. The lowest BCUT2D eigenvalue weighted by atomic mass is 9.85. The fourth-order valence-corrected chi connectivity index (χ4v) is 9.97. The van der Waals surface area contributed by atoms with Crippen LogP contribution in [0.2, 0.25) is 0 Å². The minimum atomic E-state index is -5.02. The van der Waals surface area contributed by atoms with Crippen LogP contribution in [-0.4, -0.2) is 98.9 Å². The monoisotopic (exact) mass is 1000 g/mol. The summed E-state index contributed by atoms with van der Waals surface area (Å²) in [5, 5.41) is 50.4. The van der Waals surface area contributed by atoms with E-state index in [0.717, 1.165) is 38.5 Å². The Bertz CT molecular complexity index is 1240. The fraction of sp³-hybridized carbons (Fsp3) is 0.911. The van der Waals surface area contributed by atoms with E-state index in [1.165, 1.54) is 199 Å². The summed E-state index contributed by atoms with van der Waals surface area (Å²) in [6.07, 6.45) is 43.9. The largest absolute Gasteiger partial charge is 0.472 e. The third-order valence-corrected chi connectivity index (χ3v) is 14.5. The number of carbonyl (C=O) groups is 1. The van der Waals surface area contributed by atoms with Crippen LogP contribution in [-0.2, 0) is 27.9 Å². The number of aliphatic hydroxyl groups is 5. The van der Waals surface area contributed by atoms with Gasteiger partial charge in [0.05, 0.1) is 13.2 Å². The predicted octanol–water partition coefficient (Wildman–Crippen LogP) is 13.6. The molecule has 0 radical (unpaired) electrons. The molecule has 6 atom stereocenters. The Labute approximate surface area is 421 Å². The van der Waals surface area contributed by atoms with Crippen molar-refractivity contribution in [2.24, 2.45) is 0 Å². The second kappa shape index (κ2) is 46.6. The van der Waals surface area contributed by atoms with Crippen LogP contribution in [0.4, 0.5) is 0 Å². The lowest BCUT2D eigenvalue weighted by Gasteiger charge is -2.41. The lowest BCUT2D eigenvalue weighted by molar-refractivity contribution is -0.220. The molecule has 0 heterocycles. The van der Waals surface area contributed by atoms with Crippen LogP contribution in [0.25, 0.3) is 0 Å². The summed E-state index contributed by atoms with van der Waals surface area (Å²) in [6, 6.07) is 0. The first-order valence-electron chi connectivity index (χ1n) is 28.7. The molecular formula is C56H107O12P. The molecule has 6 unspecified atom stereocenters. The van der Waals surface area contributed by atoms with Gasteiger partial charge >= 0.3 is 13.8 Å². The van der Waals surface area contributed by atoms with Crippen molar-refractivity contribution >= 4 is 13.8 Å². The number of phosphoric acid groups is 1. The molecule has 12 nitrogen and oxygen atoms in total. The Morgan fingerprint density at radius 2 is 0.768 bits per heavy atom. The summed E-state index contributed by atoms with van der Waals surface area (Å²) in [5.74, 6) is -0.474. The van der Waals surface area contributed by atoms with Crippen LogP contribution in [0, 0.1) is 0 Å². The van der Waals surface area contributed by atoms with Crippen LogP contribution in [0.5, 0.6) is 0 Å². The van der Waals surface area contributed by atoms with E-state index in [-0.39, 0.29) is 13.0 Å². The third kappa shape index (κ3) is 38.1. The van der Waals surface area contributed by atoms with Crippen LogP contribution >= 0.6 is 7.82 Å². The molecule has 0 spiro atoms. The molecule has 0 aromatic heterocycles. The molecule has 1 saturated carbocycles. The van der Waals surface area contributed by atoms with E-state index in [2.05, 4.69) is 38.2 Å². The van der Waals surface area contributed by atoms with Gasteiger partial charge in [-0.25, -0.2) is 4.57 Å². The zero-order chi connectivity index (χ0) is 50.5. The molecular weight excluding hydrogens is 896 g/mol. The smallest absolute Gasteiger partial charge is 0.457 e. The number of hydrogen-bond donors (Lipinski definition) is 6. The third-order valence-electron chi connectivity index (χ3n) is 13.5. The van der Waals surface area contributed by atoms with Gasteiger partial charge in [0.2, 0.25) is 0 Å². The van der Waals surface area contributed by atoms with Crippen molar-refractivity contribution in [1.82, 2.24) is 0 Å². The lowest BCUT2D eigenvalue weighted by Crippen LogP contribution is -2.64. The Kier molecular flexibility index (Phi) is 44.5. The first-order chi connectivity index (χ1) is 33.5. The number of esters is 1. The van der Waals surface area contributed by atoms with Gasteiger partial charge in [-0.05, 0) is 64.2 Å². The maximum Gasteiger partial charge on any atom is 0.472 e. The predicted molar refractivity (Wildman–Crippen MR) is 281 cm³/mol. The van der Waals surface area contributed by atoms with Gasteiger partial charge in [-0.3, -0.25) is 13.8 Å². The summed E-state index contributed by atoms with van der Waals surface area (Å²) in [4.78, 5) is 23.3. The normalized spacial score (nSPS) is 21.1. The summed E-state index contributed by atoms with van der Waals surface area (Å²) in [5.41, 5.74) is 0. The Hall–Kier alpha value is -1.18. The molecule has 0 bridgehead atoms. The Morgan fingerprint density at radius 1 is 0.449 bits per heavy atom. The molecule has 69 heavy (non-hydrogen) atoms. The number of ether oxygens (including phenoxy) is 2. The van der Waals surface area contributed by atoms with Crippen LogP contribution < -0.4 is 0 Å². The molecule has 0 saturated heterocycles. The van der Waals surface area contributed by atoms with Crippen molar-refractivity contribution in [3.05, 3.63) is 24.3 Å². The zero-order valence-electron chi connectivity index (χ0n) is 44.1. The van der Waals surface area contributed by atoms with Gasteiger partial charge in [-0.1, -0.05) is 218 Å². The van der Waals surface area contributed by atoms with Gasteiger partial charge in [0.25, 0.3) is 0 Å². The van der Waals surface area contributed by atoms with Crippen molar-refractivity contribution in [3.63, 3.8) is 0 Å². The summed E-state index contributed by atoms with van der Waals surface area (Å²) in [6.45, 7) is 4.30. The average molecular weight is 1000 g/mol. The first kappa shape index (κ1) is 65.8. The number of carbonyl (C=O) groups excluding carboxylic acids is 1. The van der Waals surface area contributed by atoms with Crippen molar-refractivity contribution in [3.8, 4) is 0 Å². The van der Waals surface area contributed by atoms with E-state index in [4.69, 9.17) is 18.5 Å². The van der Waals surface area contributed by atoms with Crippen LogP contribution in [0.1, 0.15) is 264 Å². The number of rotatable bonds is 50. The SMILES string of the molecule is CCCCCCCCC/C=C\CCCCCCCCCCOCC(COP(=O)(O)OC1C(O)C(O)C(O)C(O)C1O)OC(=O)CCCCCCCCCCCCC/C=C\CCCCCCCCCC. The molecule has 13 heteroatoms. The van der Waals surface area contributed by atoms with Crippen LogP contribution in [0.3, 0.4) is 0 Å². The molecule has 6 N–H and O–H groups in total. The Balaban J connectivity index is 2.28. The number of allylic oxidation sites excluding steroid dienone is 4. The number of unbranched alkanes of at least 4 members (excludes halogenated alkanes) is 34. The molecule has 1 aliphatic carbocycles. The summed E-state index contributed by atoms with van der Waals surface area (Å²) in [7, 11) is -5.02. The standard InChI is InChI=1S/C56H107O12P/c1-3-5-7-9-11-13-15-17-19-21-23-24-25-26-27-29-31-33-35-37-39-41-43-45-50(57)67-49(48-66-69(63,64)68-56-54(61)52(59)51(58)53(60)55(56)62)47-65-46-44-42-40-38-36-34-32-30-28-22-20-18-16-14-12-10-8-6-4-2/h20-23,49,51-56,58-62H,3-19,24-48H2,1-2H3,(H,63,64)/b22-20-,23-21-. The van der Waals surface area contributed by atoms with Gasteiger partial charge < -0.3 is 39.9 Å². The molecule has 0 aliphatic heterocycles. The number of hydrogen-bond acceptors (Lipinski definition) is 11. The quantitative estimate of drug-likeness (QED) is 0.0146. The molecule has 408 valence electrons. The number of phosphoric ester groups is 1. The van der Waals surface area contributed by atoms with Crippen molar-refractivity contribution in [2.45, 2.75) is 307 Å². The molecule has 1 aliphatic rings.